The van der Waals surface area contributed by atoms with Crippen LogP contribution in [0, 0.1) is 12.8 Å². The molecule has 42 heavy (non-hydrogen) atoms. The van der Waals surface area contributed by atoms with E-state index in [1.54, 1.807) is 17.9 Å². The third-order valence-corrected chi connectivity index (χ3v) is 8.53. The molecular formula is C32H37F6N3O. The lowest BCUT2D eigenvalue weighted by Gasteiger charge is -2.33. The average molecular weight is 594 g/mol. The van der Waals surface area contributed by atoms with Gasteiger partial charge in [0.1, 0.15) is 0 Å². The van der Waals surface area contributed by atoms with Crippen LogP contribution in [0.25, 0.3) is 0 Å². The second-order valence-electron chi connectivity index (χ2n) is 11.7. The molecule has 0 unspecified atom stereocenters. The van der Waals surface area contributed by atoms with E-state index >= 15 is 0 Å². The van der Waals surface area contributed by atoms with Crippen molar-refractivity contribution in [2.75, 3.05) is 22.9 Å². The average Bonchev–Trinajstić information content (AvgIpc) is 3.59. The van der Waals surface area contributed by atoms with Crippen molar-refractivity contribution in [2.45, 2.75) is 90.7 Å². The van der Waals surface area contributed by atoms with Gasteiger partial charge in [-0.2, -0.15) is 26.3 Å². The number of hydrogen-bond acceptors (Lipinski definition) is 4. The zero-order valence-corrected chi connectivity index (χ0v) is 24.0. The van der Waals surface area contributed by atoms with E-state index in [0.29, 0.717) is 17.5 Å². The van der Waals surface area contributed by atoms with Crippen molar-refractivity contribution in [1.82, 2.24) is 5.16 Å². The van der Waals surface area contributed by atoms with Crippen molar-refractivity contribution in [2.24, 2.45) is 5.92 Å². The van der Waals surface area contributed by atoms with E-state index in [1.807, 2.05) is 0 Å². The number of aryl methyl sites for hydroxylation is 3. The predicted octanol–water partition coefficient (Wildman–Crippen LogP) is 9.12. The highest BCUT2D eigenvalue weighted by molar-refractivity contribution is 5.60. The predicted molar refractivity (Wildman–Crippen MR) is 151 cm³/mol. The fourth-order valence-electron chi connectivity index (χ4n) is 6.41. The van der Waals surface area contributed by atoms with Gasteiger partial charge in [-0.3, -0.25) is 0 Å². The second kappa shape index (κ2) is 12.2. The Morgan fingerprint density at radius 2 is 1.43 bits per heavy atom. The molecule has 4 nitrogen and oxygen atoms in total. The third kappa shape index (κ3) is 7.06. The Kier molecular flexibility index (Phi) is 8.81. The van der Waals surface area contributed by atoms with Crippen LogP contribution in [-0.2, 0) is 38.3 Å². The lowest BCUT2D eigenvalue weighted by molar-refractivity contribution is -0.143. The first-order valence-electron chi connectivity index (χ1n) is 14.8. The Balaban J connectivity index is 1.53. The monoisotopic (exact) mass is 593 g/mol. The number of benzene rings is 2. The summed E-state index contributed by atoms with van der Waals surface area (Å²) < 4.78 is 87.3. The summed E-state index contributed by atoms with van der Waals surface area (Å²) in [6.07, 6.45) is -0.722. The molecule has 0 saturated heterocycles. The highest BCUT2D eigenvalue weighted by atomic mass is 19.4. The van der Waals surface area contributed by atoms with Gasteiger partial charge in [-0.1, -0.05) is 30.5 Å². The van der Waals surface area contributed by atoms with Gasteiger partial charge in [0, 0.05) is 37.9 Å². The molecule has 10 heteroatoms. The van der Waals surface area contributed by atoms with Crippen molar-refractivity contribution in [3.05, 3.63) is 75.5 Å². The van der Waals surface area contributed by atoms with Gasteiger partial charge in [0.2, 0.25) is 5.88 Å². The molecule has 1 heterocycles. The van der Waals surface area contributed by atoms with Crippen LogP contribution in [0.15, 0.2) is 40.9 Å². The number of anilines is 2. The summed E-state index contributed by atoms with van der Waals surface area (Å²) in [7, 11) is 0. The Labute approximate surface area is 242 Å². The Hall–Kier alpha value is -3.17. The smallest absolute Gasteiger partial charge is 0.371 e. The van der Waals surface area contributed by atoms with E-state index in [-0.39, 0.29) is 24.7 Å². The molecule has 2 aliphatic carbocycles. The van der Waals surface area contributed by atoms with Crippen LogP contribution in [0.4, 0.5) is 37.9 Å². The molecule has 0 spiro atoms. The number of hydrogen-bond donors (Lipinski definition) is 0. The minimum atomic E-state index is -4.92. The van der Waals surface area contributed by atoms with E-state index in [0.717, 1.165) is 55.7 Å². The van der Waals surface area contributed by atoms with Crippen molar-refractivity contribution in [3.63, 3.8) is 0 Å². The molecule has 0 atom stereocenters. The Morgan fingerprint density at radius 3 is 2.00 bits per heavy atom. The minimum Gasteiger partial charge on any atom is -0.371 e. The number of fused-ring (bicyclic) bond motifs is 1. The Bertz CT molecular complexity index is 1340. The summed E-state index contributed by atoms with van der Waals surface area (Å²) in [5.74, 6) is 0.888. The molecule has 0 aliphatic heterocycles. The third-order valence-electron chi connectivity index (χ3n) is 8.53. The number of rotatable bonds is 9. The fraction of sp³-hybridized carbons (Fsp3) is 0.531. The van der Waals surface area contributed by atoms with Crippen molar-refractivity contribution in [1.29, 1.82) is 0 Å². The van der Waals surface area contributed by atoms with Crippen LogP contribution < -0.4 is 9.80 Å². The first-order chi connectivity index (χ1) is 19.9. The first kappa shape index (κ1) is 30.3. The summed E-state index contributed by atoms with van der Waals surface area (Å²) in [6.45, 7) is 5.60. The van der Waals surface area contributed by atoms with Crippen LogP contribution in [0.2, 0.25) is 0 Å². The van der Waals surface area contributed by atoms with Crippen LogP contribution in [0.3, 0.4) is 0 Å². The van der Waals surface area contributed by atoms with Crippen LogP contribution in [0.5, 0.6) is 0 Å². The van der Waals surface area contributed by atoms with Crippen molar-refractivity contribution >= 4 is 11.6 Å². The summed E-state index contributed by atoms with van der Waals surface area (Å²) in [4.78, 5) is 4.07. The molecule has 228 valence electrons. The molecule has 2 aliphatic rings. The summed E-state index contributed by atoms with van der Waals surface area (Å²) >= 11 is 0. The molecular weight excluding hydrogens is 556 g/mol. The summed E-state index contributed by atoms with van der Waals surface area (Å²) in [6, 6.07) is 7.82. The van der Waals surface area contributed by atoms with Gasteiger partial charge in [-0.05, 0) is 98.4 Å². The largest absolute Gasteiger partial charge is 0.416 e. The zero-order chi connectivity index (χ0) is 30.1. The standard InChI is InChI=1S/C32H37F6N3O/c1-3-40(18-22-8-5-4-6-9-22)29-16-25-11-7-10-24(25)15-26(29)20-41(30-12-21(2)39-42-30)19-23-13-27(31(33,34)35)17-28(14-23)32(36,37)38/h12-17,22H,3-11,18-20H2,1-2H3. The SMILES string of the molecule is CCN(CC1CCCCC1)c1cc2c(cc1CN(Cc1cc(C(F)(F)F)cc(C(F)(F)F)c1)c1cc(C)no1)CCC2. The van der Waals surface area contributed by atoms with E-state index in [9.17, 15) is 26.3 Å². The number of alkyl halides is 6. The maximum atomic E-state index is 13.6. The van der Waals surface area contributed by atoms with E-state index in [1.165, 1.54) is 43.2 Å². The fourth-order valence-corrected chi connectivity index (χ4v) is 6.41. The van der Waals surface area contributed by atoms with Gasteiger partial charge in [0.05, 0.1) is 16.8 Å². The summed E-state index contributed by atoms with van der Waals surface area (Å²) in [5, 5.41) is 3.96. The molecule has 0 amide bonds. The van der Waals surface area contributed by atoms with E-state index in [4.69, 9.17) is 4.52 Å². The molecule has 1 fully saturated rings. The lowest BCUT2D eigenvalue weighted by atomic mass is 9.88. The highest BCUT2D eigenvalue weighted by Gasteiger charge is 2.37. The first-order valence-corrected chi connectivity index (χ1v) is 14.8. The van der Waals surface area contributed by atoms with Gasteiger partial charge in [-0.15, -0.1) is 0 Å². The second-order valence-corrected chi connectivity index (χ2v) is 11.7. The van der Waals surface area contributed by atoms with E-state index in [2.05, 4.69) is 29.1 Å². The zero-order valence-electron chi connectivity index (χ0n) is 24.0. The van der Waals surface area contributed by atoms with E-state index < -0.39 is 23.5 Å². The van der Waals surface area contributed by atoms with Gasteiger partial charge < -0.3 is 14.3 Å². The van der Waals surface area contributed by atoms with Gasteiger partial charge in [0.15, 0.2) is 0 Å². The number of halogens is 6. The molecule has 5 rings (SSSR count). The molecule has 3 aromatic rings. The quantitative estimate of drug-likeness (QED) is 0.232. The van der Waals surface area contributed by atoms with Crippen molar-refractivity contribution < 1.29 is 30.9 Å². The van der Waals surface area contributed by atoms with Crippen molar-refractivity contribution in [3.8, 4) is 0 Å². The Morgan fingerprint density at radius 1 is 0.786 bits per heavy atom. The molecule has 1 aromatic heterocycles. The summed E-state index contributed by atoms with van der Waals surface area (Å²) in [5.41, 5.74) is 2.41. The van der Waals surface area contributed by atoms with Gasteiger partial charge >= 0.3 is 12.4 Å². The highest BCUT2D eigenvalue weighted by Crippen LogP contribution is 2.38. The maximum Gasteiger partial charge on any atom is 0.416 e. The normalized spacial score (nSPS) is 16.1. The number of nitrogens with zero attached hydrogens (tertiary/aromatic N) is 3. The van der Waals surface area contributed by atoms with Gasteiger partial charge in [0.25, 0.3) is 0 Å². The molecule has 0 radical (unpaired) electrons. The van der Waals surface area contributed by atoms with Crippen LogP contribution >= 0.6 is 0 Å². The molecule has 0 N–H and O–H groups in total. The molecule has 0 bridgehead atoms. The molecule has 1 saturated carbocycles. The molecule has 2 aromatic carbocycles. The minimum absolute atomic E-state index is 0.108. The topological polar surface area (TPSA) is 32.5 Å². The van der Waals surface area contributed by atoms with Crippen LogP contribution in [0.1, 0.15) is 84.5 Å². The lowest BCUT2D eigenvalue weighted by Crippen LogP contribution is -2.32. The van der Waals surface area contributed by atoms with Gasteiger partial charge in [-0.25, -0.2) is 0 Å². The van der Waals surface area contributed by atoms with Crippen LogP contribution in [-0.4, -0.2) is 18.2 Å². The maximum absolute atomic E-state index is 13.6. The number of aromatic nitrogens is 1.